The number of para-hydroxylation sites is 1. The van der Waals surface area contributed by atoms with E-state index in [4.69, 9.17) is 15.6 Å². The third kappa shape index (κ3) is 2.85. The Morgan fingerprint density at radius 1 is 1.35 bits per heavy atom. The summed E-state index contributed by atoms with van der Waals surface area (Å²) in [6.45, 7) is 0. The van der Waals surface area contributed by atoms with E-state index in [1.165, 1.54) is 6.07 Å². The van der Waals surface area contributed by atoms with Gasteiger partial charge < -0.3 is 20.9 Å². The predicted octanol–water partition coefficient (Wildman–Crippen LogP) is 3.48. The molecule has 0 bridgehead atoms. The molecule has 0 fully saturated rings. The van der Waals surface area contributed by atoms with Crippen LogP contribution in [-0.4, -0.2) is 18.2 Å². The Bertz CT molecular complexity index is 659. The highest BCUT2D eigenvalue weighted by molar-refractivity contribution is 9.10. The number of halogens is 1. The van der Waals surface area contributed by atoms with E-state index in [9.17, 15) is 4.79 Å². The quantitative estimate of drug-likeness (QED) is 0.744. The van der Waals surface area contributed by atoms with Gasteiger partial charge in [-0.1, -0.05) is 6.07 Å². The molecule has 0 aromatic heterocycles. The van der Waals surface area contributed by atoms with E-state index in [1.54, 1.807) is 25.3 Å². The van der Waals surface area contributed by atoms with Gasteiger partial charge in [-0.25, -0.2) is 4.79 Å². The van der Waals surface area contributed by atoms with E-state index in [1.807, 2.05) is 12.1 Å². The lowest BCUT2D eigenvalue weighted by atomic mass is 10.1. The van der Waals surface area contributed by atoms with Gasteiger partial charge in [0.2, 0.25) is 0 Å². The van der Waals surface area contributed by atoms with E-state index in [0.29, 0.717) is 11.4 Å². The summed E-state index contributed by atoms with van der Waals surface area (Å²) in [5.41, 5.74) is 7.40. The number of hydrogen-bond donors (Lipinski definition) is 3. The number of nitrogens with one attached hydrogen (secondary N) is 1. The van der Waals surface area contributed by atoms with Crippen LogP contribution in [0, 0.1) is 0 Å². The van der Waals surface area contributed by atoms with Gasteiger partial charge in [-0.05, 0) is 40.2 Å². The van der Waals surface area contributed by atoms with E-state index in [2.05, 4.69) is 21.2 Å². The molecule has 0 saturated heterocycles. The van der Waals surface area contributed by atoms with Crippen molar-refractivity contribution in [3.63, 3.8) is 0 Å². The van der Waals surface area contributed by atoms with Crippen LogP contribution in [0.4, 0.5) is 17.1 Å². The van der Waals surface area contributed by atoms with Crippen LogP contribution in [0.15, 0.2) is 40.9 Å². The van der Waals surface area contributed by atoms with Crippen molar-refractivity contribution >= 4 is 39.0 Å². The Morgan fingerprint density at radius 3 is 2.75 bits per heavy atom. The molecule has 2 aromatic carbocycles. The third-order valence-corrected chi connectivity index (χ3v) is 3.42. The standard InChI is InChI=1S/C14H13BrN2O3/c1-20-12-7-8(5-6-10(12)15)17-11-4-2-3-9(13(11)16)14(18)19/h2-7,17H,16H2,1H3,(H,18,19). The van der Waals surface area contributed by atoms with Crippen molar-refractivity contribution in [1.29, 1.82) is 0 Å². The summed E-state index contributed by atoms with van der Waals surface area (Å²) >= 11 is 3.37. The van der Waals surface area contributed by atoms with Gasteiger partial charge in [0.05, 0.1) is 28.5 Å². The molecule has 0 aliphatic carbocycles. The minimum atomic E-state index is -1.06. The summed E-state index contributed by atoms with van der Waals surface area (Å²) in [6.07, 6.45) is 0. The molecule has 5 nitrogen and oxygen atoms in total. The molecular weight excluding hydrogens is 324 g/mol. The van der Waals surface area contributed by atoms with Crippen LogP contribution in [0.1, 0.15) is 10.4 Å². The molecule has 6 heteroatoms. The van der Waals surface area contributed by atoms with Gasteiger partial charge in [-0.3, -0.25) is 0 Å². The smallest absolute Gasteiger partial charge is 0.337 e. The Kier molecular flexibility index (Phi) is 4.14. The van der Waals surface area contributed by atoms with Crippen LogP contribution in [0.25, 0.3) is 0 Å². The largest absolute Gasteiger partial charge is 0.495 e. The summed E-state index contributed by atoms with van der Waals surface area (Å²) in [7, 11) is 1.57. The molecule has 0 radical (unpaired) electrons. The van der Waals surface area contributed by atoms with Crippen LogP contribution in [0.3, 0.4) is 0 Å². The number of anilines is 3. The number of carbonyl (C=O) groups is 1. The highest BCUT2D eigenvalue weighted by Crippen LogP contribution is 2.31. The van der Waals surface area contributed by atoms with Gasteiger partial charge in [-0.2, -0.15) is 0 Å². The zero-order valence-corrected chi connectivity index (χ0v) is 12.3. The highest BCUT2D eigenvalue weighted by Gasteiger charge is 2.11. The number of methoxy groups -OCH3 is 1. The van der Waals surface area contributed by atoms with Crippen LogP contribution >= 0.6 is 15.9 Å². The number of nitrogen functional groups attached to an aromatic ring is 1. The van der Waals surface area contributed by atoms with Gasteiger partial charge in [0.25, 0.3) is 0 Å². The zero-order valence-electron chi connectivity index (χ0n) is 10.7. The molecule has 0 amide bonds. The van der Waals surface area contributed by atoms with Crippen molar-refractivity contribution in [2.75, 3.05) is 18.2 Å². The molecular formula is C14H13BrN2O3. The normalized spacial score (nSPS) is 10.1. The van der Waals surface area contributed by atoms with Gasteiger partial charge in [0.15, 0.2) is 0 Å². The number of aromatic carboxylic acids is 1. The molecule has 2 rings (SSSR count). The second kappa shape index (κ2) is 5.83. The molecule has 20 heavy (non-hydrogen) atoms. The van der Waals surface area contributed by atoms with Crippen molar-refractivity contribution in [1.82, 2.24) is 0 Å². The van der Waals surface area contributed by atoms with Gasteiger partial charge in [0.1, 0.15) is 5.75 Å². The minimum Gasteiger partial charge on any atom is -0.495 e. The van der Waals surface area contributed by atoms with Crippen molar-refractivity contribution in [2.45, 2.75) is 0 Å². The first-order valence-corrected chi connectivity index (χ1v) is 6.54. The maximum absolute atomic E-state index is 11.0. The maximum atomic E-state index is 11.0. The Morgan fingerprint density at radius 2 is 2.10 bits per heavy atom. The van der Waals surface area contributed by atoms with Crippen molar-refractivity contribution in [3.8, 4) is 5.75 Å². The van der Waals surface area contributed by atoms with E-state index in [0.717, 1.165) is 10.2 Å². The van der Waals surface area contributed by atoms with Crippen molar-refractivity contribution in [3.05, 3.63) is 46.4 Å². The highest BCUT2D eigenvalue weighted by atomic mass is 79.9. The summed E-state index contributed by atoms with van der Waals surface area (Å²) < 4.78 is 6.03. The molecule has 0 atom stereocenters. The number of ether oxygens (including phenoxy) is 1. The van der Waals surface area contributed by atoms with Gasteiger partial charge in [-0.15, -0.1) is 0 Å². The molecule has 0 spiro atoms. The van der Waals surface area contributed by atoms with Crippen LogP contribution in [0.2, 0.25) is 0 Å². The minimum absolute atomic E-state index is 0.0686. The molecule has 4 N–H and O–H groups in total. The average molecular weight is 337 g/mol. The first-order chi connectivity index (χ1) is 9.52. The Labute approximate surface area is 124 Å². The fraction of sp³-hybridized carbons (Fsp3) is 0.0714. The van der Waals surface area contributed by atoms with E-state index in [-0.39, 0.29) is 11.3 Å². The number of carboxylic acids is 1. The number of rotatable bonds is 4. The fourth-order valence-electron chi connectivity index (χ4n) is 1.75. The Balaban J connectivity index is 2.35. The first-order valence-electron chi connectivity index (χ1n) is 5.75. The van der Waals surface area contributed by atoms with E-state index >= 15 is 0 Å². The molecule has 104 valence electrons. The maximum Gasteiger partial charge on any atom is 0.337 e. The van der Waals surface area contributed by atoms with Crippen molar-refractivity contribution in [2.24, 2.45) is 0 Å². The number of hydrogen-bond acceptors (Lipinski definition) is 4. The molecule has 0 aliphatic heterocycles. The molecule has 0 aliphatic rings. The average Bonchev–Trinajstić information content (AvgIpc) is 2.42. The predicted molar refractivity (Wildman–Crippen MR) is 81.8 cm³/mol. The molecule has 0 unspecified atom stereocenters. The lowest BCUT2D eigenvalue weighted by Gasteiger charge is -2.12. The molecule has 0 heterocycles. The SMILES string of the molecule is COc1cc(Nc2cccc(C(=O)O)c2N)ccc1Br. The lowest BCUT2D eigenvalue weighted by molar-refractivity contribution is 0.0698. The topological polar surface area (TPSA) is 84.6 Å². The Hall–Kier alpha value is -2.21. The number of nitrogens with two attached hydrogens (primary N) is 1. The summed E-state index contributed by atoms with van der Waals surface area (Å²) in [6, 6.07) is 10.3. The summed E-state index contributed by atoms with van der Waals surface area (Å²) in [5, 5.41) is 12.1. The summed E-state index contributed by atoms with van der Waals surface area (Å²) in [4.78, 5) is 11.0. The second-order valence-corrected chi connectivity index (χ2v) is 4.90. The van der Waals surface area contributed by atoms with Crippen LogP contribution in [0.5, 0.6) is 5.75 Å². The van der Waals surface area contributed by atoms with Gasteiger partial charge in [0, 0.05) is 11.8 Å². The first kappa shape index (κ1) is 14.2. The van der Waals surface area contributed by atoms with E-state index < -0.39 is 5.97 Å². The zero-order chi connectivity index (χ0) is 14.7. The fourth-order valence-corrected chi connectivity index (χ4v) is 2.16. The monoisotopic (exact) mass is 336 g/mol. The lowest BCUT2D eigenvalue weighted by Crippen LogP contribution is -2.05. The number of benzene rings is 2. The molecule has 0 saturated carbocycles. The van der Waals surface area contributed by atoms with Gasteiger partial charge >= 0.3 is 5.97 Å². The second-order valence-electron chi connectivity index (χ2n) is 4.05. The summed E-state index contributed by atoms with van der Waals surface area (Å²) in [5.74, 6) is -0.387. The molecule has 2 aromatic rings. The van der Waals surface area contributed by atoms with Crippen LogP contribution in [-0.2, 0) is 0 Å². The third-order valence-electron chi connectivity index (χ3n) is 2.77. The van der Waals surface area contributed by atoms with Crippen molar-refractivity contribution < 1.29 is 14.6 Å². The van der Waals surface area contributed by atoms with Crippen LogP contribution < -0.4 is 15.8 Å². The number of carboxylic acid groups (broad SMARTS) is 1.